The summed E-state index contributed by atoms with van der Waals surface area (Å²) in [7, 11) is -7.19. The minimum absolute atomic E-state index is 0.767. The molecular formula is C48H49NO2P2. The van der Waals surface area contributed by atoms with Crippen molar-refractivity contribution in [2.75, 3.05) is 4.90 Å². The van der Waals surface area contributed by atoms with Gasteiger partial charge in [-0.1, -0.05) is 53.6 Å². The molecule has 0 saturated carbocycles. The van der Waals surface area contributed by atoms with Gasteiger partial charge in [0, 0.05) is 31.8 Å². The van der Waals surface area contributed by atoms with Gasteiger partial charge in [0.2, 0.25) is 0 Å². The summed E-state index contributed by atoms with van der Waals surface area (Å²) in [6, 6.07) is 27.5. The van der Waals surface area contributed by atoms with Crippen molar-refractivity contribution >= 4 is 63.2 Å². The summed E-state index contributed by atoms with van der Waals surface area (Å²) in [5.74, 6) is 0. The van der Waals surface area contributed by atoms with E-state index in [9.17, 15) is 0 Å². The van der Waals surface area contributed by atoms with E-state index in [1.54, 1.807) is 0 Å². The second-order valence-corrected chi connectivity index (χ2v) is 21.0. The molecule has 0 N–H and O–H groups in total. The van der Waals surface area contributed by atoms with Crippen LogP contribution in [0.4, 0.5) is 17.1 Å². The molecule has 2 unspecified atom stereocenters. The zero-order valence-corrected chi connectivity index (χ0v) is 35.0. The number of rotatable bonds is 3. The van der Waals surface area contributed by atoms with Gasteiger partial charge in [-0.05, 0) is 186 Å². The van der Waals surface area contributed by atoms with Crippen molar-refractivity contribution < 1.29 is 9.13 Å². The third-order valence-electron chi connectivity index (χ3n) is 13.1. The number of hydrogen-bond donors (Lipinski definition) is 0. The molecule has 0 aliphatic carbocycles. The molecule has 6 aromatic carbocycles. The molecule has 268 valence electrons. The van der Waals surface area contributed by atoms with Crippen molar-refractivity contribution in [3.63, 3.8) is 0 Å². The summed E-state index contributed by atoms with van der Waals surface area (Å²) in [4.78, 5) is 2.30. The van der Waals surface area contributed by atoms with Crippen molar-refractivity contribution in [1.82, 2.24) is 0 Å². The maximum atomic E-state index is 17.2. The molecule has 0 amide bonds. The van der Waals surface area contributed by atoms with Crippen LogP contribution in [0.25, 0.3) is 11.1 Å². The van der Waals surface area contributed by atoms with Crippen molar-refractivity contribution in [3.05, 3.63) is 146 Å². The van der Waals surface area contributed by atoms with E-state index in [0.717, 1.165) is 93.4 Å². The van der Waals surface area contributed by atoms with E-state index < -0.39 is 14.3 Å². The van der Waals surface area contributed by atoms with Gasteiger partial charge in [0.15, 0.2) is 14.3 Å². The van der Waals surface area contributed by atoms with Crippen molar-refractivity contribution in [3.8, 4) is 11.1 Å². The topological polar surface area (TPSA) is 37.4 Å². The lowest BCUT2D eigenvalue weighted by Crippen LogP contribution is -2.47. The Balaban J connectivity index is 1.66. The highest BCUT2D eigenvalue weighted by molar-refractivity contribution is 7.88. The summed E-state index contributed by atoms with van der Waals surface area (Å²) in [6.45, 7) is 25.8. The molecule has 2 aliphatic rings. The number of aryl methyl sites for hydroxylation is 2. The molecule has 0 bridgehead atoms. The fourth-order valence-corrected chi connectivity index (χ4v) is 16.9. The molecule has 8 rings (SSSR count). The van der Waals surface area contributed by atoms with Crippen LogP contribution in [0.15, 0.2) is 78.9 Å². The van der Waals surface area contributed by atoms with Crippen molar-refractivity contribution in [2.24, 2.45) is 0 Å². The van der Waals surface area contributed by atoms with Gasteiger partial charge < -0.3 is 14.0 Å². The predicted molar refractivity (Wildman–Crippen MR) is 229 cm³/mol. The Morgan fingerprint density at radius 1 is 0.377 bits per heavy atom. The Morgan fingerprint density at radius 2 is 0.736 bits per heavy atom. The molecule has 0 aromatic heterocycles. The number of anilines is 3. The lowest BCUT2D eigenvalue weighted by Gasteiger charge is -2.46. The largest absolute Gasteiger partial charge is 0.308 e. The smallest absolute Gasteiger partial charge is 0.175 e. The molecule has 5 heteroatoms. The summed E-state index contributed by atoms with van der Waals surface area (Å²) in [6.07, 6.45) is 0. The molecule has 2 atom stereocenters. The van der Waals surface area contributed by atoms with Gasteiger partial charge in [0.05, 0.1) is 17.1 Å². The minimum Gasteiger partial charge on any atom is -0.308 e. The molecule has 0 radical (unpaired) electrons. The zero-order valence-electron chi connectivity index (χ0n) is 33.2. The molecule has 3 nitrogen and oxygen atoms in total. The van der Waals surface area contributed by atoms with Crippen molar-refractivity contribution in [2.45, 2.75) is 83.1 Å². The number of nitrogens with zero attached hydrogens (tertiary/aromatic N) is 1. The highest BCUT2D eigenvalue weighted by Gasteiger charge is 2.51. The summed E-state index contributed by atoms with van der Waals surface area (Å²) in [5.41, 5.74) is 18.1. The first-order chi connectivity index (χ1) is 25.0. The van der Waals surface area contributed by atoms with E-state index in [0.29, 0.717) is 0 Å². The standard InChI is InChI=1S/C48H49NO2P2/c1-26-18-20-40-42(22-26)52(50,47-34(9)30(5)28(3)31(6)35(47)10)44-24-39(38-16-14-13-15-17-38)25-45-46(44)49(40)41-21-19-27(2)23-43(41)53(45,51)48-36(11)32(7)29(4)33(8)37(48)12/h13-25H,1-12H3. The molecule has 6 aromatic rings. The van der Waals surface area contributed by atoms with Crippen LogP contribution < -0.4 is 36.7 Å². The first kappa shape index (κ1) is 35.6. The van der Waals surface area contributed by atoms with E-state index in [4.69, 9.17) is 0 Å². The van der Waals surface area contributed by atoms with Gasteiger partial charge in [-0.3, -0.25) is 0 Å². The van der Waals surface area contributed by atoms with Crippen LogP contribution in [0.1, 0.15) is 66.8 Å². The molecule has 0 saturated heterocycles. The zero-order chi connectivity index (χ0) is 38.0. The molecule has 53 heavy (non-hydrogen) atoms. The molecule has 0 fully saturated rings. The van der Waals surface area contributed by atoms with Crippen LogP contribution in [0, 0.1) is 83.1 Å². The van der Waals surface area contributed by atoms with Crippen LogP contribution in [0.3, 0.4) is 0 Å². The average Bonchev–Trinajstić information content (AvgIpc) is 3.15. The van der Waals surface area contributed by atoms with E-state index in [2.05, 4.69) is 149 Å². The van der Waals surface area contributed by atoms with Crippen LogP contribution >= 0.6 is 14.3 Å². The predicted octanol–water partition coefficient (Wildman–Crippen LogP) is 10.4. The summed E-state index contributed by atoms with van der Waals surface area (Å²) in [5, 5.41) is 5.04. The Kier molecular flexibility index (Phi) is 8.09. The fourth-order valence-electron chi connectivity index (χ4n) is 9.28. The van der Waals surface area contributed by atoms with Crippen LogP contribution in [-0.2, 0) is 9.13 Å². The van der Waals surface area contributed by atoms with Crippen molar-refractivity contribution in [1.29, 1.82) is 0 Å². The van der Waals surface area contributed by atoms with Crippen LogP contribution in [0.2, 0.25) is 0 Å². The first-order valence-corrected chi connectivity index (χ1v) is 22.1. The highest BCUT2D eigenvalue weighted by atomic mass is 31.2. The summed E-state index contributed by atoms with van der Waals surface area (Å²) >= 11 is 0. The Labute approximate surface area is 315 Å². The van der Waals surface area contributed by atoms with Gasteiger partial charge in [0.25, 0.3) is 0 Å². The number of hydrogen-bond acceptors (Lipinski definition) is 3. The second-order valence-electron chi connectivity index (χ2n) is 15.7. The maximum Gasteiger partial charge on any atom is 0.175 e. The number of benzene rings is 6. The molecule has 0 spiro atoms. The summed E-state index contributed by atoms with van der Waals surface area (Å²) < 4.78 is 34.4. The van der Waals surface area contributed by atoms with Gasteiger partial charge >= 0.3 is 0 Å². The minimum atomic E-state index is -3.60. The van der Waals surface area contributed by atoms with E-state index in [1.165, 1.54) is 33.4 Å². The Bertz CT molecular complexity index is 2480. The lowest BCUT2D eigenvalue weighted by atomic mass is 9.95. The number of fused-ring (bicyclic) bond motifs is 4. The van der Waals surface area contributed by atoms with E-state index >= 15 is 9.13 Å². The monoisotopic (exact) mass is 733 g/mol. The van der Waals surface area contributed by atoms with E-state index in [1.807, 2.05) is 18.2 Å². The van der Waals surface area contributed by atoms with Gasteiger partial charge in [-0.25, -0.2) is 0 Å². The van der Waals surface area contributed by atoms with Crippen LogP contribution in [0.5, 0.6) is 0 Å². The lowest BCUT2D eigenvalue weighted by molar-refractivity contribution is 0.592. The molecule has 2 heterocycles. The second kappa shape index (κ2) is 12.0. The molecular weight excluding hydrogens is 684 g/mol. The van der Waals surface area contributed by atoms with E-state index in [-0.39, 0.29) is 0 Å². The average molecular weight is 734 g/mol. The van der Waals surface area contributed by atoms with Crippen LogP contribution in [-0.4, -0.2) is 0 Å². The molecule has 2 aliphatic heterocycles. The Morgan fingerprint density at radius 3 is 1.11 bits per heavy atom. The quantitative estimate of drug-likeness (QED) is 0.170. The fraction of sp³-hybridized carbons (Fsp3) is 0.250. The maximum absolute atomic E-state index is 17.2. The Hall–Kier alpha value is -4.42. The normalized spacial score (nSPS) is 18.5. The van der Waals surface area contributed by atoms with Gasteiger partial charge in [0.1, 0.15) is 0 Å². The highest BCUT2D eigenvalue weighted by Crippen LogP contribution is 2.62. The third kappa shape index (κ3) is 4.66. The van der Waals surface area contributed by atoms with Gasteiger partial charge in [-0.2, -0.15) is 0 Å². The SMILES string of the molecule is Cc1ccc2c(c1)P(=O)(c1c(C)c(C)c(C)c(C)c1C)c1cc(-c3ccccc3)cc3c1N2c1ccc(C)cc1P3(=O)c1c(C)c(C)c(C)c(C)c1C. The first-order valence-electron chi connectivity index (χ1n) is 18.7. The van der Waals surface area contributed by atoms with Gasteiger partial charge in [-0.15, -0.1) is 0 Å². The third-order valence-corrected chi connectivity index (χ3v) is 19.8.